The maximum absolute atomic E-state index is 13.1. The van der Waals surface area contributed by atoms with Crippen LogP contribution in [0.1, 0.15) is 92.1 Å². The smallest absolute Gasteiger partial charge is 0.245 e. The molecule has 7 heteroatoms. The van der Waals surface area contributed by atoms with Gasteiger partial charge in [-0.25, -0.2) is 8.78 Å². The first-order valence-electron chi connectivity index (χ1n) is 13.2. The molecule has 1 N–H and O–H groups in total. The molecule has 1 aliphatic carbocycles. The minimum atomic E-state index is -2.78. The van der Waals surface area contributed by atoms with Crippen LogP contribution in [0.3, 0.4) is 0 Å². The van der Waals surface area contributed by atoms with Crippen molar-refractivity contribution in [2.75, 3.05) is 5.32 Å². The summed E-state index contributed by atoms with van der Waals surface area (Å²) in [5, 5.41) is 2.83. The number of benzene rings is 1. The third-order valence-electron chi connectivity index (χ3n) is 6.20. The zero-order chi connectivity index (χ0) is 27.8. The van der Waals surface area contributed by atoms with E-state index in [1.807, 2.05) is 65.0 Å². The second-order valence-electron chi connectivity index (χ2n) is 10.5. The van der Waals surface area contributed by atoms with Crippen molar-refractivity contribution in [1.29, 1.82) is 0 Å². The fourth-order valence-electron chi connectivity index (χ4n) is 4.02. The number of alkyl halides is 2. The molecule has 5 nitrogen and oxygen atoms in total. The van der Waals surface area contributed by atoms with E-state index in [1.165, 1.54) is 0 Å². The van der Waals surface area contributed by atoms with Gasteiger partial charge in [0.05, 0.1) is 12.1 Å². The Morgan fingerprint density at radius 2 is 1.86 bits per heavy atom. The Bertz CT molecular complexity index is 1030. The number of nitrogens with one attached hydrogen (secondary N) is 1. The van der Waals surface area contributed by atoms with Crippen LogP contribution in [0, 0.1) is 5.92 Å². The first kappa shape index (κ1) is 30.4. The third-order valence-corrected chi connectivity index (χ3v) is 6.20. The molecule has 0 aromatic heterocycles. The van der Waals surface area contributed by atoms with Gasteiger partial charge in [-0.3, -0.25) is 14.6 Å². The largest absolute Gasteiger partial charge is 0.491 e. The lowest BCUT2D eigenvalue weighted by Crippen LogP contribution is -2.16. The van der Waals surface area contributed by atoms with Crippen molar-refractivity contribution in [3.8, 4) is 5.75 Å². The van der Waals surface area contributed by atoms with E-state index < -0.39 is 5.92 Å². The van der Waals surface area contributed by atoms with E-state index in [2.05, 4.69) is 12.2 Å². The van der Waals surface area contributed by atoms with Crippen molar-refractivity contribution in [1.82, 2.24) is 0 Å². The Kier molecular flexibility index (Phi) is 11.2. The van der Waals surface area contributed by atoms with Gasteiger partial charge in [-0.1, -0.05) is 19.1 Å². The molecule has 0 heterocycles. The molecule has 2 rings (SSSR count). The lowest BCUT2D eigenvalue weighted by atomic mass is 9.93. The summed E-state index contributed by atoms with van der Waals surface area (Å²) >= 11 is 0. The van der Waals surface area contributed by atoms with Crippen molar-refractivity contribution >= 4 is 23.1 Å². The number of rotatable bonds is 14. The molecule has 0 bridgehead atoms. The Hall–Kier alpha value is -2.83. The van der Waals surface area contributed by atoms with Crippen LogP contribution in [0.4, 0.5) is 14.5 Å². The minimum absolute atomic E-state index is 0.0159. The molecule has 0 radical (unpaired) electrons. The maximum Gasteiger partial charge on any atom is 0.245 e. The van der Waals surface area contributed by atoms with Crippen LogP contribution in [0.2, 0.25) is 0 Å². The first-order valence-corrected chi connectivity index (χ1v) is 13.2. The topological polar surface area (TPSA) is 67.8 Å². The van der Waals surface area contributed by atoms with Crippen LogP contribution in [0.15, 0.2) is 47.0 Å². The molecule has 0 spiro atoms. The highest BCUT2D eigenvalue weighted by molar-refractivity contribution is 6.07. The number of nitrogens with zero attached hydrogens (tertiary/aromatic N) is 1. The molecule has 0 saturated heterocycles. The molecule has 1 aromatic carbocycles. The fraction of sp³-hybridized carbons (Fsp3) is 0.567. The highest BCUT2D eigenvalue weighted by atomic mass is 19.3. The van der Waals surface area contributed by atoms with Crippen molar-refractivity contribution in [3.63, 3.8) is 0 Å². The Labute approximate surface area is 220 Å². The van der Waals surface area contributed by atoms with Gasteiger partial charge in [-0.2, -0.15) is 0 Å². The Balaban J connectivity index is 2.21. The van der Waals surface area contributed by atoms with Crippen LogP contribution < -0.4 is 10.1 Å². The monoisotopic (exact) mass is 516 g/mol. The number of hydrogen-bond acceptors (Lipinski definition) is 4. The predicted octanol–water partition coefficient (Wildman–Crippen LogP) is 7.67. The van der Waals surface area contributed by atoms with Crippen LogP contribution in [-0.2, 0) is 9.59 Å². The third kappa shape index (κ3) is 11.0. The predicted molar refractivity (Wildman–Crippen MR) is 147 cm³/mol. The van der Waals surface area contributed by atoms with E-state index >= 15 is 0 Å². The van der Waals surface area contributed by atoms with E-state index in [1.54, 1.807) is 6.07 Å². The summed E-state index contributed by atoms with van der Waals surface area (Å²) in [6.07, 6.45) is 7.22. The molecule has 1 amide bonds. The second-order valence-corrected chi connectivity index (χ2v) is 10.5. The summed E-state index contributed by atoms with van der Waals surface area (Å²) in [6.45, 7) is 12.6. The number of amides is 1. The maximum atomic E-state index is 13.1. The summed E-state index contributed by atoms with van der Waals surface area (Å²) in [4.78, 5) is 29.8. The quantitative estimate of drug-likeness (QED) is 0.157. The molecular weight excluding hydrogens is 474 g/mol. The van der Waals surface area contributed by atoms with E-state index in [9.17, 15) is 18.4 Å². The number of anilines is 1. The summed E-state index contributed by atoms with van der Waals surface area (Å²) in [7, 11) is 0. The van der Waals surface area contributed by atoms with Crippen LogP contribution in [0.25, 0.3) is 0 Å². The van der Waals surface area contributed by atoms with Gasteiger partial charge in [0.1, 0.15) is 5.75 Å². The van der Waals surface area contributed by atoms with Crippen LogP contribution in [0.5, 0.6) is 5.75 Å². The Morgan fingerprint density at radius 3 is 2.43 bits per heavy atom. The Morgan fingerprint density at radius 1 is 1.19 bits per heavy atom. The number of hydrogen-bond donors (Lipinski definition) is 1. The van der Waals surface area contributed by atoms with Gasteiger partial charge < -0.3 is 10.1 Å². The summed E-state index contributed by atoms with van der Waals surface area (Å²) in [6, 6.07) is 5.46. The standard InChI is InChI=1S/C30H42F2N2O3/c1-8-10-24(29(36)23-12-13-23)15-20(4)33-22(6)21(5)25-16-26(18-27(17-25)37-19(2)3)34-28(35)11-9-14-30(7,31)32/h8,10,15-19,21-23H,9,11-14H2,1-7H3,(H,34,35). The molecule has 1 saturated carbocycles. The molecule has 37 heavy (non-hydrogen) atoms. The lowest BCUT2D eigenvalue weighted by Gasteiger charge is -2.21. The number of Topliss-reactive ketones (excluding diaryl/α,β-unsaturated/α-hetero) is 1. The van der Waals surface area contributed by atoms with E-state index in [0.717, 1.165) is 31.0 Å². The normalized spacial score (nSPS) is 16.7. The number of aliphatic imine (C=N–C) groups is 1. The number of allylic oxidation sites excluding steroid dienone is 4. The summed E-state index contributed by atoms with van der Waals surface area (Å²) < 4.78 is 32.1. The second kappa shape index (κ2) is 13.6. The van der Waals surface area contributed by atoms with E-state index in [4.69, 9.17) is 9.73 Å². The van der Waals surface area contributed by atoms with Gasteiger partial charge in [0.25, 0.3) is 0 Å². The molecule has 1 aliphatic rings. The van der Waals surface area contributed by atoms with Crippen molar-refractivity contribution in [2.24, 2.45) is 10.9 Å². The molecule has 204 valence electrons. The summed E-state index contributed by atoms with van der Waals surface area (Å²) in [5.74, 6) is -2.17. The first-order chi connectivity index (χ1) is 17.3. The zero-order valence-corrected chi connectivity index (χ0v) is 23.2. The van der Waals surface area contributed by atoms with Crippen LogP contribution >= 0.6 is 0 Å². The van der Waals surface area contributed by atoms with Crippen molar-refractivity contribution < 1.29 is 23.1 Å². The lowest BCUT2D eigenvalue weighted by molar-refractivity contribution is -0.117. The zero-order valence-electron chi connectivity index (χ0n) is 23.2. The minimum Gasteiger partial charge on any atom is -0.491 e. The van der Waals surface area contributed by atoms with Crippen molar-refractivity contribution in [3.05, 3.63) is 47.6 Å². The SMILES string of the molecule is CC=CC(=CC(C)=NC(C)C(C)c1cc(NC(=O)CCCC(C)(F)F)cc(OC(C)C)c1)C(=O)C1CC1. The summed E-state index contributed by atoms with van der Waals surface area (Å²) in [5.41, 5.74) is 2.96. The number of ketones is 1. The molecule has 1 fully saturated rings. The highest BCUT2D eigenvalue weighted by Gasteiger charge is 2.31. The van der Waals surface area contributed by atoms with E-state index in [-0.39, 0.29) is 54.9 Å². The number of halogens is 2. The molecular formula is C30H42F2N2O3. The van der Waals surface area contributed by atoms with E-state index in [0.29, 0.717) is 17.0 Å². The van der Waals surface area contributed by atoms with Gasteiger partial charge in [-0.15, -0.1) is 0 Å². The average molecular weight is 517 g/mol. The number of carbonyl (C=O) groups excluding carboxylic acids is 2. The van der Waals surface area contributed by atoms with Gasteiger partial charge in [-0.05, 0) is 84.6 Å². The number of ether oxygens (including phenoxy) is 1. The van der Waals surface area contributed by atoms with Gasteiger partial charge in [0, 0.05) is 47.7 Å². The van der Waals surface area contributed by atoms with Gasteiger partial charge >= 0.3 is 0 Å². The molecule has 0 aliphatic heterocycles. The van der Waals surface area contributed by atoms with Crippen LogP contribution in [-0.4, -0.2) is 35.5 Å². The molecule has 2 unspecified atom stereocenters. The number of carbonyl (C=O) groups is 2. The fourth-order valence-corrected chi connectivity index (χ4v) is 4.02. The highest BCUT2D eigenvalue weighted by Crippen LogP contribution is 2.33. The van der Waals surface area contributed by atoms with Gasteiger partial charge in [0.2, 0.25) is 11.8 Å². The molecule has 1 aromatic rings. The molecule has 2 atom stereocenters. The van der Waals surface area contributed by atoms with Gasteiger partial charge in [0.15, 0.2) is 5.78 Å². The van der Waals surface area contributed by atoms with Crippen molar-refractivity contribution in [2.45, 2.75) is 105 Å². The average Bonchev–Trinajstić information content (AvgIpc) is 3.61.